The predicted molar refractivity (Wildman–Crippen MR) is 64.1 cm³/mol. The third kappa shape index (κ3) is 1.29. The molecule has 0 amide bonds. The van der Waals surface area contributed by atoms with Gasteiger partial charge in [-0.1, -0.05) is 30.3 Å². The Hall–Kier alpha value is -2.16. The maximum Gasteiger partial charge on any atom is 0.177 e. The van der Waals surface area contributed by atoms with E-state index < -0.39 is 0 Å². The van der Waals surface area contributed by atoms with E-state index in [0.29, 0.717) is 0 Å². The van der Waals surface area contributed by atoms with Crippen LogP contribution in [-0.4, -0.2) is 15.0 Å². The average molecular weight is 209 g/mol. The molecule has 78 valence electrons. The fourth-order valence-electron chi connectivity index (χ4n) is 1.93. The molecule has 0 bridgehead atoms. The van der Waals surface area contributed by atoms with Crippen LogP contribution < -0.4 is 0 Å². The summed E-state index contributed by atoms with van der Waals surface area (Å²) in [6.07, 6.45) is 3.56. The van der Waals surface area contributed by atoms with Crippen LogP contribution in [0.5, 0.6) is 0 Å². The molecule has 0 unspecified atom stereocenters. The van der Waals surface area contributed by atoms with Crippen molar-refractivity contribution in [3.8, 4) is 11.1 Å². The number of imidazole rings is 1. The lowest BCUT2D eigenvalue weighted by atomic mass is 10.0. The average Bonchev–Trinajstić information content (AvgIpc) is 2.80. The SMILES string of the molecule is Cc1c(-c2ccccc2)cnc2nc[nH]c12. The van der Waals surface area contributed by atoms with Crippen LogP contribution in [0.15, 0.2) is 42.9 Å². The highest BCUT2D eigenvalue weighted by molar-refractivity contribution is 5.82. The summed E-state index contributed by atoms with van der Waals surface area (Å²) in [4.78, 5) is 11.6. The summed E-state index contributed by atoms with van der Waals surface area (Å²) >= 11 is 0. The highest BCUT2D eigenvalue weighted by atomic mass is 14.9. The van der Waals surface area contributed by atoms with E-state index in [2.05, 4.69) is 34.0 Å². The molecule has 3 heteroatoms. The number of rotatable bonds is 1. The van der Waals surface area contributed by atoms with Crippen LogP contribution in [0.25, 0.3) is 22.3 Å². The van der Waals surface area contributed by atoms with Crippen LogP contribution in [0.4, 0.5) is 0 Å². The number of aromatic amines is 1. The molecule has 3 aromatic rings. The van der Waals surface area contributed by atoms with Gasteiger partial charge in [0.25, 0.3) is 0 Å². The van der Waals surface area contributed by atoms with Crippen molar-refractivity contribution in [3.63, 3.8) is 0 Å². The first-order valence-corrected chi connectivity index (χ1v) is 5.20. The van der Waals surface area contributed by atoms with Crippen molar-refractivity contribution in [2.75, 3.05) is 0 Å². The Kier molecular flexibility index (Phi) is 1.96. The van der Waals surface area contributed by atoms with Gasteiger partial charge in [-0.05, 0) is 18.1 Å². The van der Waals surface area contributed by atoms with Gasteiger partial charge in [0, 0.05) is 11.8 Å². The molecule has 0 aliphatic carbocycles. The van der Waals surface area contributed by atoms with Crippen LogP contribution in [0.1, 0.15) is 5.56 Å². The molecule has 0 radical (unpaired) electrons. The monoisotopic (exact) mass is 209 g/mol. The lowest BCUT2D eigenvalue weighted by Crippen LogP contribution is -1.88. The Morgan fingerprint density at radius 1 is 1.06 bits per heavy atom. The van der Waals surface area contributed by atoms with Gasteiger partial charge in [-0.3, -0.25) is 0 Å². The molecule has 2 aromatic heterocycles. The van der Waals surface area contributed by atoms with Crippen molar-refractivity contribution >= 4 is 11.2 Å². The number of nitrogens with one attached hydrogen (secondary N) is 1. The smallest absolute Gasteiger partial charge is 0.177 e. The summed E-state index contributed by atoms with van der Waals surface area (Å²) in [6, 6.07) is 10.3. The second-order valence-electron chi connectivity index (χ2n) is 3.76. The molecule has 0 saturated carbocycles. The number of nitrogens with zero attached hydrogens (tertiary/aromatic N) is 2. The first-order valence-electron chi connectivity index (χ1n) is 5.20. The minimum Gasteiger partial charge on any atom is -0.343 e. The van der Waals surface area contributed by atoms with Gasteiger partial charge >= 0.3 is 0 Å². The molecular formula is C13H11N3. The van der Waals surface area contributed by atoms with Gasteiger partial charge in [0.15, 0.2) is 5.65 Å². The maximum absolute atomic E-state index is 4.34. The van der Waals surface area contributed by atoms with Crippen LogP contribution in [0.2, 0.25) is 0 Å². The van der Waals surface area contributed by atoms with Crippen LogP contribution >= 0.6 is 0 Å². The standard InChI is InChI=1S/C13H11N3/c1-9-11(10-5-3-2-4-6-10)7-14-13-12(9)15-8-16-13/h2-8H,1H3,(H,14,15,16). The zero-order valence-corrected chi connectivity index (χ0v) is 8.94. The fraction of sp³-hybridized carbons (Fsp3) is 0.0769. The fourth-order valence-corrected chi connectivity index (χ4v) is 1.93. The van der Waals surface area contributed by atoms with Gasteiger partial charge in [0.2, 0.25) is 0 Å². The number of hydrogen-bond acceptors (Lipinski definition) is 2. The van der Waals surface area contributed by atoms with Gasteiger partial charge < -0.3 is 4.98 Å². The first-order chi connectivity index (χ1) is 7.86. The quantitative estimate of drug-likeness (QED) is 0.669. The molecular weight excluding hydrogens is 198 g/mol. The molecule has 0 saturated heterocycles. The third-order valence-corrected chi connectivity index (χ3v) is 2.80. The minimum atomic E-state index is 0.775. The van der Waals surface area contributed by atoms with E-state index in [1.54, 1.807) is 6.33 Å². The van der Waals surface area contributed by atoms with Crippen molar-refractivity contribution in [2.45, 2.75) is 6.92 Å². The molecule has 16 heavy (non-hydrogen) atoms. The summed E-state index contributed by atoms with van der Waals surface area (Å²) in [5, 5.41) is 0. The van der Waals surface area contributed by atoms with Crippen molar-refractivity contribution in [3.05, 3.63) is 48.4 Å². The zero-order chi connectivity index (χ0) is 11.0. The van der Waals surface area contributed by atoms with Crippen LogP contribution in [0.3, 0.4) is 0 Å². The Labute approximate surface area is 93.2 Å². The molecule has 3 rings (SSSR count). The molecule has 0 spiro atoms. The summed E-state index contributed by atoms with van der Waals surface area (Å²) in [5.41, 5.74) is 5.31. The number of H-pyrrole nitrogens is 1. The van der Waals surface area contributed by atoms with Gasteiger partial charge in [0.05, 0.1) is 11.8 Å². The largest absolute Gasteiger partial charge is 0.343 e. The van der Waals surface area contributed by atoms with Gasteiger partial charge in [-0.2, -0.15) is 0 Å². The van der Waals surface area contributed by atoms with Crippen molar-refractivity contribution in [2.24, 2.45) is 0 Å². The van der Waals surface area contributed by atoms with E-state index in [-0.39, 0.29) is 0 Å². The number of pyridine rings is 1. The summed E-state index contributed by atoms with van der Waals surface area (Å²) in [7, 11) is 0. The molecule has 0 fully saturated rings. The van der Waals surface area contributed by atoms with E-state index in [1.807, 2.05) is 24.4 Å². The molecule has 0 aliphatic heterocycles. The first kappa shape index (κ1) is 9.09. The molecule has 0 aliphatic rings. The highest BCUT2D eigenvalue weighted by Crippen LogP contribution is 2.25. The molecule has 3 nitrogen and oxygen atoms in total. The topological polar surface area (TPSA) is 41.6 Å². The van der Waals surface area contributed by atoms with E-state index in [0.717, 1.165) is 16.7 Å². The normalized spacial score (nSPS) is 10.8. The summed E-state index contributed by atoms with van der Waals surface area (Å²) in [6.45, 7) is 2.09. The van der Waals surface area contributed by atoms with Crippen molar-refractivity contribution < 1.29 is 0 Å². The maximum atomic E-state index is 4.34. The van der Waals surface area contributed by atoms with E-state index in [4.69, 9.17) is 0 Å². The summed E-state index contributed by atoms with van der Waals surface area (Å²) in [5.74, 6) is 0. The van der Waals surface area contributed by atoms with Crippen LogP contribution in [-0.2, 0) is 0 Å². The lowest BCUT2D eigenvalue weighted by Gasteiger charge is -2.05. The van der Waals surface area contributed by atoms with Crippen LogP contribution in [0, 0.1) is 6.92 Å². The van der Waals surface area contributed by atoms with Gasteiger partial charge in [-0.25, -0.2) is 9.97 Å². The predicted octanol–water partition coefficient (Wildman–Crippen LogP) is 2.93. The van der Waals surface area contributed by atoms with Gasteiger partial charge in [-0.15, -0.1) is 0 Å². The number of aryl methyl sites for hydroxylation is 1. The van der Waals surface area contributed by atoms with E-state index in [9.17, 15) is 0 Å². The van der Waals surface area contributed by atoms with E-state index in [1.165, 1.54) is 11.1 Å². The van der Waals surface area contributed by atoms with Crippen molar-refractivity contribution in [1.29, 1.82) is 0 Å². The number of hydrogen-bond donors (Lipinski definition) is 1. The second kappa shape index (κ2) is 3.45. The van der Waals surface area contributed by atoms with Crippen molar-refractivity contribution in [1.82, 2.24) is 15.0 Å². The lowest BCUT2D eigenvalue weighted by molar-refractivity contribution is 1.30. The number of benzene rings is 1. The third-order valence-electron chi connectivity index (χ3n) is 2.80. The second-order valence-corrected chi connectivity index (χ2v) is 3.76. The Bertz CT molecular complexity index is 626. The Morgan fingerprint density at radius 2 is 1.88 bits per heavy atom. The Morgan fingerprint density at radius 3 is 2.69 bits per heavy atom. The minimum absolute atomic E-state index is 0.775. The number of fused-ring (bicyclic) bond motifs is 1. The molecule has 0 atom stereocenters. The molecule has 1 N–H and O–H groups in total. The highest BCUT2D eigenvalue weighted by Gasteiger charge is 2.07. The zero-order valence-electron chi connectivity index (χ0n) is 8.94. The molecule has 2 heterocycles. The molecule has 1 aromatic carbocycles. The Balaban J connectivity index is 2.28. The van der Waals surface area contributed by atoms with Gasteiger partial charge in [0.1, 0.15) is 0 Å². The summed E-state index contributed by atoms with van der Waals surface area (Å²) < 4.78 is 0. The van der Waals surface area contributed by atoms with E-state index >= 15 is 0 Å². The number of aromatic nitrogens is 3.